The van der Waals surface area contributed by atoms with Crippen molar-refractivity contribution in [2.24, 2.45) is 11.1 Å². The zero-order valence-electron chi connectivity index (χ0n) is 19.6. The van der Waals surface area contributed by atoms with E-state index in [4.69, 9.17) is 21.9 Å². The van der Waals surface area contributed by atoms with Crippen LogP contribution in [0.15, 0.2) is 47.0 Å². The molecule has 2 aromatic carbocycles. The molecule has 0 unspecified atom stereocenters. The van der Waals surface area contributed by atoms with E-state index in [-0.39, 0.29) is 23.4 Å². The fraction of sp³-hybridized carbons (Fsp3) is 0.320. The van der Waals surface area contributed by atoms with Gasteiger partial charge in [0.15, 0.2) is 0 Å². The van der Waals surface area contributed by atoms with Crippen LogP contribution >= 0.6 is 11.6 Å². The van der Waals surface area contributed by atoms with Gasteiger partial charge in [0.25, 0.3) is 11.8 Å². The molecule has 0 bridgehead atoms. The van der Waals surface area contributed by atoms with E-state index in [9.17, 15) is 14.0 Å². The third-order valence-corrected chi connectivity index (χ3v) is 5.83. The Bertz CT molecular complexity index is 1190. The summed E-state index contributed by atoms with van der Waals surface area (Å²) in [6.07, 6.45) is 0. The maximum absolute atomic E-state index is 13.5. The Hall–Kier alpha value is -3.23. The van der Waals surface area contributed by atoms with Crippen LogP contribution in [0, 0.1) is 25.1 Å². The Morgan fingerprint density at radius 1 is 1.21 bits per heavy atom. The van der Waals surface area contributed by atoms with Crippen molar-refractivity contribution in [2.75, 3.05) is 18.4 Å². The third kappa shape index (κ3) is 6.01. The number of nitrogens with two attached hydrogens (primary N) is 1. The summed E-state index contributed by atoms with van der Waals surface area (Å²) in [5.74, 6) is -0.774. The van der Waals surface area contributed by atoms with Crippen molar-refractivity contribution in [1.29, 1.82) is 0 Å². The zero-order valence-corrected chi connectivity index (χ0v) is 20.4. The minimum atomic E-state index is -0.500. The minimum absolute atomic E-state index is 0.175. The second-order valence-corrected chi connectivity index (χ2v) is 9.41. The maximum atomic E-state index is 13.5. The summed E-state index contributed by atoms with van der Waals surface area (Å²) >= 11 is 6.46. The van der Waals surface area contributed by atoms with E-state index >= 15 is 0 Å². The molecule has 0 radical (unpaired) electrons. The number of carbonyl (C=O) groups is 2. The number of nitrogens with zero attached hydrogens (tertiary/aromatic N) is 2. The number of aromatic nitrogens is 1. The minimum Gasteiger partial charge on any atom is -0.361 e. The molecule has 0 saturated heterocycles. The Morgan fingerprint density at radius 2 is 1.94 bits per heavy atom. The van der Waals surface area contributed by atoms with Crippen LogP contribution in [0.5, 0.6) is 0 Å². The lowest BCUT2D eigenvalue weighted by Gasteiger charge is -2.32. The highest BCUT2D eigenvalue weighted by Crippen LogP contribution is 2.27. The van der Waals surface area contributed by atoms with Gasteiger partial charge in [-0.3, -0.25) is 9.59 Å². The van der Waals surface area contributed by atoms with Crippen molar-refractivity contribution < 1.29 is 18.5 Å². The smallest absolute Gasteiger partial charge is 0.259 e. The number of carbonyl (C=O) groups excluding carboxylic acids is 2. The summed E-state index contributed by atoms with van der Waals surface area (Å²) < 4.78 is 18.7. The van der Waals surface area contributed by atoms with Crippen LogP contribution in [0.4, 0.5) is 10.1 Å². The normalized spacial score (nSPS) is 11.4. The molecule has 0 aliphatic carbocycles. The van der Waals surface area contributed by atoms with Gasteiger partial charge in [-0.2, -0.15) is 0 Å². The van der Waals surface area contributed by atoms with Crippen LogP contribution in [0.1, 0.15) is 51.6 Å². The first-order valence-electron chi connectivity index (χ1n) is 10.8. The maximum Gasteiger partial charge on any atom is 0.259 e. The Kier molecular flexibility index (Phi) is 7.74. The van der Waals surface area contributed by atoms with Crippen molar-refractivity contribution in [3.63, 3.8) is 0 Å². The predicted octanol–water partition coefficient (Wildman–Crippen LogP) is 4.96. The molecule has 2 amide bonds. The molecule has 1 heterocycles. The highest BCUT2D eigenvalue weighted by molar-refractivity contribution is 6.31. The molecule has 0 atom stereocenters. The van der Waals surface area contributed by atoms with Crippen molar-refractivity contribution >= 4 is 29.1 Å². The lowest BCUT2D eigenvalue weighted by molar-refractivity contribution is 0.0670. The van der Waals surface area contributed by atoms with Gasteiger partial charge in [0.2, 0.25) is 0 Å². The van der Waals surface area contributed by atoms with Gasteiger partial charge in [-0.1, -0.05) is 36.7 Å². The molecular weight excluding hydrogens is 459 g/mol. The molecule has 3 aromatic rings. The molecule has 180 valence electrons. The number of aryl methyl sites for hydroxylation is 2. The molecule has 0 fully saturated rings. The van der Waals surface area contributed by atoms with Crippen LogP contribution in [0.2, 0.25) is 5.02 Å². The van der Waals surface area contributed by atoms with E-state index < -0.39 is 11.7 Å². The van der Waals surface area contributed by atoms with Crippen LogP contribution in [-0.2, 0) is 6.54 Å². The first-order valence-corrected chi connectivity index (χ1v) is 11.2. The number of halogens is 2. The fourth-order valence-corrected chi connectivity index (χ4v) is 3.72. The molecular formula is C25H28ClFN4O3. The van der Waals surface area contributed by atoms with E-state index in [1.807, 2.05) is 13.8 Å². The average molecular weight is 487 g/mol. The largest absolute Gasteiger partial charge is 0.361 e. The van der Waals surface area contributed by atoms with Gasteiger partial charge in [0, 0.05) is 29.4 Å². The summed E-state index contributed by atoms with van der Waals surface area (Å²) in [6, 6.07) is 10.4. The zero-order chi connectivity index (χ0) is 25.0. The number of hydrogen-bond donors (Lipinski definition) is 2. The Labute approximate surface area is 203 Å². The quantitative estimate of drug-likeness (QED) is 0.468. The van der Waals surface area contributed by atoms with Crippen LogP contribution in [0.3, 0.4) is 0 Å². The summed E-state index contributed by atoms with van der Waals surface area (Å²) in [4.78, 5) is 27.7. The lowest BCUT2D eigenvalue weighted by atomic mass is 9.92. The highest BCUT2D eigenvalue weighted by Gasteiger charge is 2.29. The molecule has 9 heteroatoms. The number of amides is 2. The first-order chi connectivity index (χ1) is 16.0. The first kappa shape index (κ1) is 25.4. The van der Waals surface area contributed by atoms with Gasteiger partial charge in [-0.15, -0.1) is 0 Å². The summed E-state index contributed by atoms with van der Waals surface area (Å²) in [6.45, 7) is 8.25. The van der Waals surface area contributed by atoms with Gasteiger partial charge in [0.05, 0.1) is 5.69 Å². The molecule has 7 nitrogen and oxygen atoms in total. The van der Waals surface area contributed by atoms with E-state index in [2.05, 4.69) is 10.5 Å². The van der Waals surface area contributed by atoms with Crippen molar-refractivity contribution in [3.05, 3.63) is 81.4 Å². The molecule has 0 saturated carbocycles. The van der Waals surface area contributed by atoms with E-state index in [0.29, 0.717) is 46.4 Å². The summed E-state index contributed by atoms with van der Waals surface area (Å²) in [5.41, 5.74) is 7.77. The molecule has 0 aliphatic heterocycles. The van der Waals surface area contributed by atoms with Crippen molar-refractivity contribution in [1.82, 2.24) is 10.1 Å². The van der Waals surface area contributed by atoms with Crippen molar-refractivity contribution in [2.45, 2.75) is 34.2 Å². The van der Waals surface area contributed by atoms with Gasteiger partial charge < -0.3 is 20.5 Å². The van der Waals surface area contributed by atoms with Gasteiger partial charge >= 0.3 is 0 Å². The second-order valence-electron chi connectivity index (χ2n) is 9.00. The number of rotatable bonds is 8. The monoisotopic (exact) mass is 486 g/mol. The number of nitrogens with one attached hydrogen (secondary N) is 1. The third-order valence-electron chi connectivity index (χ3n) is 5.46. The molecule has 34 heavy (non-hydrogen) atoms. The summed E-state index contributed by atoms with van der Waals surface area (Å²) in [7, 11) is 0. The second kappa shape index (κ2) is 10.4. The molecule has 1 aromatic heterocycles. The topological polar surface area (TPSA) is 101 Å². The van der Waals surface area contributed by atoms with Gasteiger partial charge in [0.1, 0.15) is 17.1 Å². The van der Waals surface area contributed by atoms with E-state index in [1.165, 1.54) is 18.2 Å². The molecule has 0 spiro atoms. The van der Waals surface area contributed by atoms with E-state index in [0.717, 1.165) is 6.07 Å². The number of hydrogen-bond acceptors (Lipinski definition) is 5. The predicted molar refractivity (Wildman–Crippen MR) is 129 cm³/mol. The lowest BCUT2D eigenvalue weighted by Crippen LogP contribution is -2.42. The van der Waals surface area contributed by atoms with Gasteiger partial charge in [-0.25, -0.2) is 4.39 Å². The van der Waals surface area contributed by atoms with Crippen molar-refractivity contribution in [3.8, 4) is 0 Å². The number of benzene rings is 2. The summed E-state index contributed by atoms with van der Waals surface area (Å²) in [5, 5.41) is 7.08. The average Bonchev–Trinajstić information content (AvgIpc) is 3.12. The van der Waals surface area contributed by atoms with E-state index in [1.54, 1.807) is 36.9 Å². The SMILES string of the molecule is Cc1noc(C)c1C(=O)N(Cc1cc(NC(=O)c2cccc(F)c2)ccc1Cl)CC(C)(C)CN. The van der Waals surface area contributed by atoms with Crippen LogP contribution in [-0.4, -0.2) is 35.0 Å². The fourth-order valence-electron chi connectivity index (χ4n) is 3.54. The molecule has 3 rings (SSSR count). The highest BCUT2D eigenvalue weighted by atomic mass is 35.5. The standard InChI is InChI=1S/C25H28ClFN4O3/c1-15-22(16(2)34-30-15)24(33)31(14-25(3,4)13-28)12-18-11-20(8-9-21(18)26)29-23(32)17-6-5-7-19(27)10-17/h5-11H,12-14,28H2,1-4H3,(H,29,32). The molecule has 3 N–H and O–H groups in total. The number of anilines is 1. The van der Waals surface area contributed by atoms with Crippen LogP contribution in [0.25, 0.3) is 0 Å². The molecule has 0 aliphatic rings. The van der Waals surface area contributed by atoms with Gasteiger partial charge in [-0.05, 0) is 67.8 Å². The van der Waals surface area contributed by atoms with Crippen LogP contribution < -0.4 is 11.1 Å². The Morgan fingerprint density at radius 3 is 2.56 bits per heavy atom. The Balaban J connectivity index is 1.89.